The summed E-state index contributed by atoms with van der Waals surface area (Å²) in [4.78, 5) is 27.4. The summed E-state index contributed by atoms with van der Waals surface area (Å²) in [6.07, 6.45) is 3.44. The number of benzene rings is 2. The molecule has 1 saturated heterocycles. The normalized spacial score (nSPS) is 15.2. The highest BCUT2D eigenvalue weighted by atomic mass is 32.1. The van der Waals surface area contributed by atoms with Gasteiger partial charge in [-0.15, -0.1) is 0 Å². The Bertz CT molecular complexity index is 1260. The summed E-state index contributed by atoms with van der Waals surface area (Å²) >= 11 is 5.30. The van der Waals surface area contributed by atoms with Crippen LogP contribution in [0.15, 0.2) is 66.4 Å². The minimum Gasteiger partial charge on any atom is -0.497 e. The Balaban J connectivity index is 1.76. The third-order valence-electron chi connectivity index (χ3n) is 5.08. The number of hydrogen-bond donors (Lipinski definition) is 1. The summed E-state index contributed by atoms with van der Waals surface area (Å²) in [5.41, 5.74) is 3.08. The number of carbonyl (C=O) groups is 2. The maximum absolute atomic E-state index is 13.4. The highest BCUT2D eigenvalue weighted by molar-refractivity contribution is 7.80. The third kappa shape index (κ3) is 3.88. The van der Waals surface area contributed by atoms with Crippen molar-refractivity contribution in [2.24, 2.45) is 0 Å². The van der Waals surface area contributed by atoms with Gasteiger partial charge in [0.1, 0.15) is 17.1 Å². The molecule has 0 unspecified atom stereocenters. The van der Waals surface area contributed by atoms with Crippen LogP contribution in [0, 0.1) is 6.92 Å². The van der Waals surface area contributed by atoms with Gasteiger partial charge < -0.3 is 14.0 Å². The lowest BCUT2D eigenvalue weighted by molar-refractivity contribution is -0.122. The quantitative estimate of drug-likeness (QED) is 0.367. The number of nitrogens with one attached hydrogen (secondary N) is 1. The number of carbonyl (C=O) groups excluding carboxylic acids is 2. The summed E-state index contributed by atoms with van der Waals surface area (Å²) in [6.45, 7) is 2.00. The first-order valence-electron chi connectivity index (χ1n) is 9.81. The van der Waals surface area contributed by atoms with Gasteiger partial charge in [-0.05, 0) is 67.2 Å². The lowest BCUT2D eigenvalue weighted by atomic mass is 10.1. The van der Waals surface area contributed by atoms with E-state index >= 15 is 0 Å². The summed E-state index contributed by atoms with van der Waals surface area (Å²) in [5, 5.41) is 2.58. The molecule has 0 bridgehead atoms. The number of amides is 2. The predicted octanol–water partition coefficient (Wildman–Crippen LogP) is 3.63. The Hall–Kier alpha value is -3.91. The van der Waals surface area contributed by atoms with Crippen molar-refractivity contribution >= 4 is 40.9 Å². The van der Waals surface area contributed by atoms with E-state index in [0.717, 1.165) is 11.3 Å². The van der Waals surface area contributed by atoms with Gasteiger partial charge in [-0.25, -0.2) is 4.90 Å². The zero-order chi connectivity index (χ0) is 22.8. The van der Waals surface area contributed by atoms with Crippen LogP contribution in [0.1, 0.15) is 11.3 Å². The molecule has 1 N–H and O–H groups in total. The van der Waals surface area contributed by atoms with Crippen molar-refractivity contribution in [1.82, 2.24) is 9.88 Å². The molecule has 32 heavy (non-hydrogen) atoms. The molecular formula is C24H21N3O4S. The first-order chi connectivity index (χ1) is 15.4. The lowest BCUT2D eigenvalue weighted by Gasteiger charge is -2.30. The van der Waals surface area contributed by atoms with E-state index in [1.165, 1.54) is 19.1 Å². The van der Waals surface area contributed by atoms with Crippen LogP contribution in [0.4, 0.5) is 5.69 Å². The van der Waals surface area contributed by atoms with Crippen molar-refractivity contribution in [3.63, 3.8) is 0 Å². The zero-order valence-corrected chi connectivity index (χ0v) is 18.6. The second-order valence-electron chi connectivity index (χ2n) is 7.14. The molecule has 8 heteroatoms. The molecule has 7 nitrogen and oxygen atoms in total. The zero-order valence-electron chi connectivity index (χ0n) is 17.8. The topological polar surface area (TPSA) is 72.8 Å². The summed E-state index contributed by atoms with van der Waals surface area (Å²) in [5.74, 6) is -0.143. The van der Waals surface area contributed by atoms with Gasteiger partial charge in [0.15, 0.2) is 5.11 Å². The van der Waals surface area contributed by atoms with Crippen molar-refractivity contribution in [1.29, 1.82) is 0 Å². The molecule has 0 radical (unpaired) electrons. The molecule has 0 spiro atoms. The minimum atomic E-state index is -0.555. The van der Waals surface area contributed by atoms with E-state index in [4.69, 9.17) is 21.7 Å². The molecule has 1 aromatic heterocycles. The predicted molar refractivity (Wildman–Crippen MR) is 126 cm³/mol. The van der Waals surface area contributed by atoms with E-state index in [-0.39, 0.29) is 10.7 Å². The molecule has 1 fully saturated rings. The number of nitrogens with zero attached hydrogens (tertiary/aromatic N) is 2. The van der Waals surface area contributed by atoms with Crippen molar-refractivity contribution in [3.8, 4) is 17.2 Å². The van der Waals surface area contributed by atoms with Crippen LogP contribution in [0.25, 0.3) is 11.8 Å². The van der Waals surface area contributed by atoms with E-state index in [2.05, 4.69) is 5.32 Å². The van der Waals surface area contributed by atoms with Crippen LogP contribution < -0.4 is 19.7 Å². The van der Waals surface area contributed by atoms with E-state index in [1.807, 2.05) is 54.1 Å². The standard InChI is InChI=1S/C24H21N3O4S/c1-15-6-4-7-16(12-15)26-11-5-8-17(26)13-19-22(28)25-24(32)27(23(19)29)20-10-9-18(30-2)14-21(20)31-3/h4-14H,1-3H3,(H,25,28,32)/b19-13-. The van der Waals surface area contributed by atoms with Crippen LogP contribution in [0.3, 0.4) is 0 Å². The van der Waals surface area contributed by atoms with Gasteiger partial charge in [-0.1, -0.05) is 12.1 Å². The van der Waals surface area contributed by atoms with Gasteiger partial charge in [0.2, 0.25) is 0 Å². The molecule has 1 aliphatic rings. The fourth-order valence-electron chi connectivity index (χ4n) is 3.52. The van der Waals surface area contributed by atoms with Gasteiger partial charge in [0.25, 0.3) is 11.8 Å². The van der Waals surface area contributed by atoms with Crippen LogP contribution >= 0.6 is 12.2 Å². The van der Waals surface area contributed by atoms with Crippen molar-refractivity contribution < 1.29 is 19.1 Å². The van der Waals surface area contributed by atoms with Crippen LogP contribution in [-0.4, -0.2) is 35.7 Å². The average molecular weight is 448 g/mol. The summed E-state index contributed by atoms with van der Waals surface area (Å²) < 4.78 is 12.6. The molecular weight excluding hydrogens is 426 g/mol. The fourth-order valence-corrected chi connectivity index (χ4v) is 3.79. The SMILES string of the molecule is COc1ccc(N2C(=O)/C(=C\c3cccn3-c3cccc(C)c3)C(=O)NC2=S)c(OC)c1. The summed E-state index contributed by atoms with van der Waals surface area (Å²) in [7, 11) is 3.02. The number of anilines is 1. The van der Waals surface area contributed by atoms with Crippen molar-refractivity contribution in [2.45, 2.75) is 6.92 Å². The average Bonchev–Trinajstić information content (AvgIpc) is 3.25. The van der Waals surface area contributed by atoms with Crippen LogP contribution in [0.2, 0.25) is 0 Å². The van der Waals surface area contributed by atoms with Gasteiger partial charge in [-0.3, -0.25) is 14.9 Å². The largest absolute Gasteiger partial charge is 0.497 e. The first-order valence-corrected chi connectivity index (χ1v) is 10.2. The third-order valence-corrected chi connectivity index (χ3v) is 5.37. The van der Waals surface area contributed by atoms with E-state index < -0.39 is 11.8 Å². The Kier molecular flexibility index (Phi) is 5.79. The smallest absolute Gasteiger partial charge is 0.270 e. The Labute approximate surface area is 190 Å². The van der Waals surface area contributed by atoms with Crippen LogP contribution in [-0.2, 0) is 9.59 Å². The van der Waals surface area contributed by atoms with E-state index in [0.29, 0.717) is 22.9 Å². The van der Waals surface area contributed by atoms with Gasteiger partial charge in [0, 0.05) is 23.6 Å². The number of ether oxygens (including phenoxy) is 2. The number of aryl methyl sites for hydroxylation is 1. The molecule has 1 aliphatic heterocycles. The highest BCUT2D eigenvalue weighted by Gasteiger charge is 2.36. The molecule has 0 aliphatic carbocycles. The minimum absolute atomic E-state index is 0.0188. The number of aromatic nitrogens is 1. The highest BCUT2D eigenvalue weighted by Crippen LogP contribution is 2.34. The fraction of sp³-hybridized carbons (Fsp3) is 0.125. The Morgan fingerprint density at radius 1 is 1.00 bits per heavy atom. The number of hydrogen-bond acceptors (Lipinski definition) is 5. The van der Waals surface area contributed by atoms with Crippen molar-refractivity contribution in [3.05, 3.63) is 77.6 Å². The maximum atomic E-state index is 13.4. The second-order valence-corrected chi connectivity index (χ2v) is 7.52. The van der Waals surface area contributed by atoms with Crippen molar-refractivity contribution in [2.75, 3.05) is 19.1 Å². The Morgan fingerprint density at radius 2 is 1.81 bits per heavy atom. The summed E-state index contributed by atoms with van der Waals surface area (Å²) in [6, 6.07) is 16.6. The molecule has 4 rings (SSSR count). The lowest BCUT2D eigenvalue weighted by Crippen LogP contribution is -2.54. The van der Waals surface area contributed by atoms with Gasteiger partial charge >= 0.3 is 0 Å². The molecule has 3 aromatic rings. The van der Waals surface area contributed by atoms with E-state index in [1.54, 1.807) is 24.3 Å². The molecule has 0 saturated carbocycles. The monoisotopic (exact) mass is 447 g/mol. The van der Waals surface area contributed by atoms with Crippen LogP contribution in [0.5, 0.6) is 11.5 Å². The number of thiocarbonyl (C=S) groups is 1. The van der Waals surface area contributed by atoms with Gasteiger partial charge in [-0.2, -0.15) is 0 Å². The molecule has 162 valence electrons. The van der Waals surface area contributed by atoms with E-state index in [9.17, 15) is 9.59 Å². The molecule has 2 heterocycles. The number of methoxy groups -OCH3 is 2. The molecule has 2 amide bonds. The maximum Gasteiger partial charge on any atom is 0.270 e. The van der Waals surface area contributed by atoms with Gasteiger partial charge in [0.05, 0.1) is 19.9 Å². The molecule has 0 atom stereocenters. The first kappa shape index (κ1) is 21.3. The second kappa shape index (κ2) is 8.68. The number of rotatable bonds is 5. The molecule has 2 aromatic carbocycles. The Morgan fingerprint density at radius 3 is 2.53 bits per heavy atom.